The minimum Gasteiger partial charge on any atom is -0.398 e. The quantitative estimate of drug-likeness (QED) is 0.517. The van der Waals surface area contributed by atoms with Crippen LogP contribution in [0.25, 0.3) is 0 Å². The van der Waals surface area contributed by atoms with Crippen LogP contribution in [0.3, 0.4) is 0 Å². The minimum absolute atomic E-state index is 0.291. The van der Waals surface area contributed by atoms with Crippen LogP contribution in [-0.2, 0) is 0 Å². The Labute approximate surface area is 75.1 Å². The molecule has 0 unspecified atom stereocenters. The van der Waals surface area contributed by atoms with Crippen LogP contribution >= 0.6 is 23.8 Å². The van der Waals surface area contributed by atoms with Crippen LogP contribution in [0.2, 0.25) is 5.02 Å². The molecule has 0 heterocycles. The standard InChI is InChI=1S/C7H7ClN2S/c8-4-1-2-5(7(10)11)6(9)3-4/h1-3H,9H2,(H2,10,11). The SMILES string of the molecule is NC(=S)c1ccc(Cl)cc1N. The van der Waals surface area contributed by atoms with E-state index in [1.165, 1.54) is 0 Å². The van der Waals surface area contributed by atoms with E-state index in [9.17, 15) is 0 Å². The first-order valence-electron chi connectivity index (χ1n) is 2.96. The highest BCUT2D eigenvalue weighted by atomic mass is 35.5. The molecule has 11 heavy (non-hydrogen) atoms. The topological polar surface area (TPSA) is 52.0 Å². The third-order valence-electron chi connectivity index (χ3n) is 1.28. The number of thiocarbonyl (C=S) groups is 1. The summed E-state index contributed by atoms with van der Waals surface area (Å²) in [4.78, 5) is 0.291. The Hall–Kier alpha value is -0.800. The first kappa shape index (κ1) is 8.30. The highest BCUT2D eigenvalue weighted by Crippen LogP contribution is 2.17. The largest absolute Gasteiger partial charge is 0.398 e. The first-order valence-corrected chi connectivity index (χ1v) is 3.74. The summed E-state index contributed by atoms with van der Waals surface area (Å²) in [7, 11) is 0. The van der Waals surface area contributed by atoms with Crippen LogP contribution in [0.4, 0.5) is 5.69 Å². The van der Waals surface area contributed by atoms with E-state index in [-0.39, 0.29) is 0 Å². The lowest BCUT2D eigenvalue weighted by Gasteiger charge is -2.02. The molecule has 0 spiro atoms. The lowest BCUT2D eigenvalue weighted by atomic mass is 10.2. The van der Waals surface area contributed by atoms with Crippen molar-refractivity contribution in [1.82, 2.24) is 0 Å². The predicted octanol–water partition coefficient (Wildman–Crippen LogP) is 1.56. The molecule has 4 heteroatoms. The molecule has 0 saturated carbocycles. The molecule has 0 radical (unpaired) electrons. The zero-order valence-electron chi connectivity index (χ0n) is 5.67. The van der Waals surface area contributed by atoms with Crippen molar-refractivity contribution in [3.8, 4) is 0 Å². The number of anilines is 1. The second kappa shape index (κ2) is 3.07. The Morgan fingerprint density at radius 2 is 2.09 bits per heavy atom. The van der Waals surface area contributed by atoms with Crippen LogP contribution < -0.4 is 11.5 Å². The fourth-order valence-electron chi connectivity index (χ4n) is 0.758. The van der Waals surface area contributed by atoms with Crippen LogP contribution in [0.15, 0.2) is 18.2 Å². The van der Waals surface area contributed by atoms with Gasteiger partial charge in [-0.3, -0.25) is 0 Å². The molecule has 0 bridgehead atoms. The maximum absolute atomic E-state index is 5.66. The van der Waals surface area contributed by atoms with Crippen molar-refractivity contribution in [2.75, 3.05) is 5.73 Å². The van der Waals surface area contributed by atoms with E-state index >= 15 is 0 Å². The molecular weight excluding hydrogens is 180 g/mol. The lowest BCUT2D eigenvalue weighted by Crippen LogP contribution is -2.11. The van der Waals surface area contributed by atoms with Gasteiger partial charge in [-0.25, -0.2) is 0 Å². The fraction of sp³-hybridized carbons (Fsp3) is 0. The Bertz CT molecular complexity index is 298. The molecule has 1 rings (SSSR count). The monoisotopic (exact) mass is 186 g/mol. The molecule has 0 aliphatic rings. The summed E-state index contributed by atoms with van der Waals surface area (Å²) in [6, 6.07) is 5.03. The molecule has 0 aliphatic carbocycles. The number of hydrogen-bond acceptors (Lipinski definition) is 2. The number of nitrogens with two attached hydrogens (primary N) is 2. The number of nitrogen functional groups attached to an aromatic ring is 1. The summed E-state index contributed by atoms with van der Waals surface area (Å²) in [5, 5.41) is 0.586. The molecule has 0 amide bonds. The molecule has 1 aromatic rings. The van der Waals surface area contributed by atoms with Crippen LogP contribution in [0, 0.1) is 0 Å². The average Bonchev–Trinajstić information content (AvgIpc) is 1.85. The summed E-state index contributed by atoms with van der Waals surface area (Å²) < 4.78 is 0. The van der Waals surface area contributed by atoms with Gasteiger partial charge in [-0.1, -0.05) is 23.8 Å². The maximum atomic E-state index is 5.66. The summed E-state index contributed by atoms with van der Waals surface area (Å²) in [6.07, 6.45) is 0. The van der Waals surface area contributed by atoms with E-state index in [1.807, 2.05) is 0 Å². The van der Waals surface area contributed by atoms with Crippen molar-refractivity contribution in [1.29, 1.82) is 0 Å². The van der Waals surface area contributed by atoms with Crippen LogP contribution in [0.5, 0.6) is 0 Å². The van der Waals surface area contributed by atoms with Gasteiger partial charge in [0.05, 0.1) is 0 Å². The highest BCUT2D eigenvalue weighted by molar-refractivity contribution is 7.80. The molecule has 1 aromatic carbocycles. The Morgan fingerprint density at radius 1 is 1.45 bits per heavy atom. The fourth-order valence-corrected chi connectivity index (χ4v) is 1.12. The molecule has 2 nitrogen and oxygen atoms in total. The van der Waals surface area contributed by atoms with Gasteiger partial charge in [0.2, 0.25) is 0 Å². The van der Waals surface area contributed by atoms with Gasteiger partial charge in [0.1, 0.15) is 4.99 Å². The van der Waals surface area contributed by atoms with Crippen molar-refractivity contribution >= 4 is 34.5 Å². The highest BCUT2D eigenvalue weighted by Gasteiger charge is 2.00. The van der Waals surface area contributed by atoms with Gasteiger partial charge >= 0.3 is 0 Å². The molecule has 0 aromatic heterocycles. The zero-order chi connectivity index (χ0) is 8.43. The van der Waals surface area contributed by atoms with E-state index in [1.54, 1.807) is 18.2 Å². The van der Waals surface area contributed by atoms with Gasteiger partial charge in [-0.2, -0.15) is 0 Å². The normalized spacial score (nSPS) is 9.55. The summed E-state index contributed by atoms with van der Waals surface area (Å²) in [5.74, 6) is 0. The molecule has 0 fully saturated rings. The number of halogens is 1. The average molecular weight is 187 g/mol. The predicted molar refractivity (Wildman–Crippen MR) is 51.8 cm³/mol. The molecule has 4 N–H and O–H groups in total. The van der Waals surface area contributed by atoms with E-state index in [0.717, 1.165) is 0 Å². The van der Waals surface area contributed by atoms with E-state index in [0.29, 0.717) is 21.3 Å². The summed E-state index contributed by atoms with van der Waals surface area (Å²) in [6.45, 7) is 0. The minimum atomic E-state index is 0.291. The van der Waals surface area contributed by atoms with Crippen LogP contribution in [-0.4, -0.2) is 4.99 Å². The van der Waals surface area contributed by atoms with E-state index < -0.39 is 0 Å². The molecule has 0 atom stereocenters. The summed E-state index contributed by atoms with van der Waals surface area (Å²) in [5.41, 5.74) is 12.1. The Balaban J connectivity index is 3.20. The number of benzene rings is 1. The van der Waals surface area contributed by atoms with E-state index in [4.69, 9.17) is 35.3 Å². The van der Waals surface area contributed by atoms with Gasteiger partial charge in [0.15, 0.2) is 0 Å². The maximum Gasteiger partial charge on any atom is 0.106 e. The lowest BCUT2D eigenvalue weighted by molar-refractivity contribution is 1.61. The van der Waals surface area contributed by atoms with Crippen molar-refractivity contribution in [2.24, 2.45) is 5.73 Å². The second-order valence-electron chi connectivity index (χ2n) is 2.10. The van der Waals surface area contributed by atoms with Crippen LogP contribution in [0.1, 0.15) is 5.56 Å². The van der Waals surface area contributed by atoms with Gasteiger partial charge < -0.3 is 11.5 Å². The summed E-state index contributed by atoms with van der Waals surface area (Å²) >= 11 is 10.4. The van der Waals surface area contributed by atoms with Crippen molar-refractivity contribution < 1.29 is 0 Å². The third-order valence-corrected chi connectivity index (χ3v) is 1.73. The molecule has 0 saturated heterocycles. The smallest absolute Gasteiger partial charge is 0.106 e. The molecule has 0 aliphatic heterocycles. The van der Waals surface area contributed by atoms with Gasteiger partial charge in [0.25, 0.3) is 0 Å². The van der Waals surface area contributed by atoms with Crippen molar-refractivity contribution in [3.63, 3.8) is 0 Å². The van der Waals surface area contributed by atoms with Gasteiger partial charge in [0, 0.05) is 16.3 Å². The third kappa shape index (κ3) is 1.82. The second-order valence-corrected chi connectivity index (χ2v) is 2.97. The van der Waals surface area contributed by atoms with E-state index in [2.05, 4.69) is 0 Å². The number of rotatable bonds is 1. The molecular formula is C7H7ClN2S. The zero-order valence-corrected chi connectivity index (χ0v) is 7.25. The van der Waals surface area contributed by atoms with Gasteiger partial charge in [-0.05, 0) is 18.2 Å². The molecule has 58 valence electrons. The van der Waals surface area contributed by atoms with Crippen molar-refractivity contribution in [2.45, 2.75) is 0 Å². The van der Waals surface area contributed by atoms with Gasteiger partial charge in [-0.15, -0.1) is 0 Å². The van der Waals surface area contributed by atoms with Crippen molar-refractivity contribution in [3.05, 3.63) is 28.8 Å². The Morgan fingerprint density at radius 3 is 2.55 bits per heavy atom. The first-order chi connectivity index (χ1) is 5.11. The number of hydrogen-bond donors (Lipinski definition) is 2. The Kier molecular flexibility index (Phi) is 2.31.